The van der Waals surface area contributed by atoms with Gasteiger partial charge in [0.25, 0.3) is 0 Å². The minimum Gasteiger partial charge on any atom is -0.454 e. The number of nitrogens with zero attached hydrogens (tertiary/aromatic N) is 1. The Morgan fingerprint density at radius 3 is 2.38 bits per heavy atom. The molecule has 0 saturated carbocycles. The zero-order valence-electron chi connectivity index (χ0n) is 14.8. The molecule has 0 fully saturated rings. The minimum atomic E-state index is -3.41. The molecule has 26 heavy (non-hydrogen) atoms. The van der Waals surface area contributed by atoms with Crippen LogP contribution in [0.4, 0.5) is 0 Å². The Morgan fingerprint density at radius 2 is 1.77 bits per heavy atom. The molecule has 2 aromatic carbocycles. The summed E-state index contributed by atoms with van der Waals surface area (Å²) < 4.78 is 37.2. The molecule has 6 nitrogen and oxygen atoms in total. The maximum atomic E-state index is 12.1. The number of hydrogen-bond donors (Lipinski definition) is 1. The van der Waals surface area contributed by atoms with Crippen LogP contribution in [0.25, 0.3) is 0 Å². The van der Waals surface area contributed by atoms with E-state index in [1.54, 1.807) is 12.1 Å². The van der Waals surface area contributed by atoms with Crippen LogP contribution in [0.1, 0.15) is 24.1 Å². The molecule has 1 aliphatic heterocycles. The first-order valence-electron chi connectivity index (χ1n) is 8.13. The first-order chi connectivity index (χ1) is 12.3. The Morgan fingerprint density at radius 1 is 1.15 bits per heavy atom. The van der Waals surface area contributed by atoms with E-state index >= 15 is 0 Å². The molecule has 1 atom stereocenters. The van der Waals surface area contributed by atoms with E-state index in [1.807, 2.05) is 31.2 Å². The highest BCUT2D eigenvalue weighted by atomic mass is 79.9. The number of rotatable bonds is 6. The smallest absolute Gasteiger partial charge is 0.242 e. The second-order valence-electron chi connectivity index (χ2n) is 6.26. The normalized spacial score (nSPS) is 14.7. The fraction of sp³-hybridized carbons (Fsp3) is 0.333. The van der Waals surface area contributed by atoms with Gasteiger partial charge in [-0.3, -0.25) is 0 Å². The van der Waals surface area contributed by atoms with E-state index in [4.69, 9.17) is 9.47 Å². The van der Waals surface area contributed by atoms with Gasteiger partial charge < -0.3 is 14.8 Å². The Hall–Kier alpha value is -1.61. The Labute approximate surface area is 162 Å². The summed E-state index contributed by atoms with van der Waals surface area (Å²) in [7, 11) is -0.356. The van der Waals surface area contributed by atoms with Gasteiger partial charge in [0.15, 0.2) is 11.5 Å². The Kier molecular flexibility index (Phi) is 5.57. The molecule has 0 amide bonds. The quantitative estimate of drug-likeness (QED) is 0.746. The summed E-state index contributed by atoms with van der Waals surface area (Å²) >= 11 is 3.55. The lowest BCUT2D eigenvalue weighted by Gasteiger charge is -2.17. The van der Waals surface area contributed by atoms with Crippen LogP contribution in [0, 0.1) is 0 Å². The monoisotopic (exact) mass is 440 g/mol. The van der Waals surface area contributed by atoms with Crippen molar-refractivity contribution in [3.8, 4) is 11.5 Å². The number of hydrogen-bond acceptors (Lipinski definition) is 5. The van der Waals surface area contributed by atoms with E-state index in [-0.39, 0.29) is 17.7 Å². The van der Waals surface area contributed by atoms with Crippen molar-refractivity contribution in [2.45, 2.75) is 24.4 Å². The highest BCUT2D eigenvalue weighted by molar-refractivity contribution is 9.10. The standard InChI is InChI=1S/C18H21BrN2O4S/c1-12(13-4-6-15(7-5-13)26(22,23)21(2)3)20-10-14-8-17-18(9-16(14)19)25-11-24-17/h4-9,12,20H,10-11H2,1-3H3. The summed E-state index contributed by atoms with van der Waals surface area (Å²) in [6.45, 7) is 2.92. The van der Waals surface area contributed by atoms with Crippen LogP contribution in [0.3, 0.4) is 0 Å². The van der Waals surface area contributed by atoms with E-state index in [1.165, 1.54) is 18.4 Å². The third-order valence-corrected chi connectivity index (χ3v) is 6.87. The van der Waals surface area contributed by atoms with Crippen molar-refractivity contribution in [2.24, 2.45) is 0 Å². The predicted octanol–water partition coefficient (Wildman–Crippen LogP) is 3.28. The highest BCUT2D eigenvalue weighted by Gasteiger charge is 2.18. The Balaban J connectivity index is 1.68. The van der Waals surface area contributed by atoms with Crippen molar-refractivity contribution in [3.05, 3.63) is 52.0 Å². The number of halogens is 1. The molecule has 0 radical (unpaired) electrons. The van der Waals surface area contributed by atoms with E-state index < -0.39 is 10.0 Å². The molecular weight excluding hydrogens is 420 g/mol. The molecule has 0 aromatic heterocycles. The first kappa shape index (κ1) is 19.2. The van der Waals surface area contributed by atoms with Crippen LogP contribution in [0.5, 0.6) is 11.5 Å². The second kappa shape index (κ2) is 7.56. The van der Waals surface area contributed by atoms with Crippen molar-refractivity contribution in [1.82, 2.24) is 9.62 Å². The van der Waals surface area contributed by atoms with Crippen LogP contribution >= 0.6 is 15.9 Å². The zero-order chi connectivity index (χ0) is 18.9. The summed E-state index contributed by atoms with van der Waals surface area (Å²) in [6.07, 6.45) is 0. The molecule has 8 heteroatoms. The van der Waals surface area contributed by atoms with Gasteiger partial charge in [0.1, 0.15) is 0 Å². The molecule has 1 heterocycles. The van der Waals surface area contributed by atoms with Gasteiger partial charge in [0.05, 0.1) is 4.90 Å². The first-order valence-corrected chi connectivity index (χ1v) is 10.4. The van der Waals surface area contributed by atoms with Gasteiger partial charge >= 0.3 is 0 Å². The topological polar surface area (TPSA) is 67.9 Å². The van der Waals surface area contributed by atoms with Crippen molar-refractivity contribution in [2.75, 3.05) is 20.9 Å². The fourth-order valence-electron chi connectivity index (χ4n) is 2.61. The number of sulfonamides is 1. The fourth-order valence-corrected chi connectivity index (χ4v) is 3.98. The number of benzene rings is 2. The molecule has 0 aliphatic carbocycles. The Bertz CT molecular complexity index is 898. The lowest BCUT2D eigenvalue weighted by Crippen LogP contribution is -2.22. The molecule has 2 aromatic rings. The van der Waals surface area contributed by atoms with Crippen LogP contribution in [-0.4, -0.2) is 33.6 Å². The van der Waals surface area contributed by atoms with E-state index in [9.17, 15) is 8.42 Å². The van der Waals surface area contributed by atoms with Crippen molar-refractivity contribution < 1.29 is 17.9 Å². The SMILES string of the molecule is CC(NCc1cc2c(cc1Br)OCO2)c1ccc(S(=O)(=O)N(C)C)cc1. The van der Waals surface area contributed by atoms with E-state index in [2.05, 4.69) is 21.2 Å². The van der Waals surface area contributed by atoms with E-state index in [0.29, 0.717) is 6.54 Å². The van der Waals surface area contributed by atoms with E-state index in [0.717, 1.165) is 27.1 Å². The molecule has 0 saturated heterocycles. The van der Waals surface area contributed by atoms with Gasteiger partial charge in [0.2, 0.25) is 16.8 Å². The third kappa shape index (κ3) is 3.88. The lowest BCUT2D eigenvalue weighted by molar-refractivity contribution is 0.174. The van der Waals surface area contributed by atoms with Gasteiger partial charge in [-0.15, -0.1) is 0 Å². The molecule has 1 aliphatic rings. The van der Waals surface area contributed by atoms with Crippen LogP contribution in [0.15, 0.2) is 45.8 Å². The summed E-state index contributed by atoms with van der Waals surface area (Å²) in [5.41, 5.74) is 2.08. The van der Waals surface area contributed by atoms with Gasteiger partial charge in [-0.2, -0.15) is 0 Å². The van der Waals surface area contributed by atoms with Crippen LogP contribution in [-0.2, 0) is 16.6 Å². The summed E-state index contributed by atoms with van der Waals surface area (Å²) in [6, 6.07) is 10.9. The molecular formula is C18H21BrN2O4S. The third-order valence-electron chi connectivity index (χ3n) is 4.30. The number of nitrogens with one attached hydrogen (secondary N) is 1. The number of fused-ring (bicyclic) bond motifs is 1. The van der Waals surface area contributed by atoms with Crippen LogP contribution in [0.2, 0.25) is 0 Å². The molecule has 1 unspecified atom stereocenters. The van der Waals surface area contributed by atoms with Crippen molar-refractivity contribution in [1.29, 1.82) is 0 Å². The lowest BCUT2D eigenvalue weighted by atomic mass is 10.1. The molecule has 140 valence electrons. The van der Waals surface area contributed by atoms with Gasteiger partial charge in [-0.05, 0) is 42.3 Å². The average molecular weight is 441 g/mol. The minimum absolute atomic E-state index is 0.0587. The second-order valence-corrected chi connectivity index (χ2v) is 9.26. The highest BCUT2D eigenvalue weighted by Crippen LogP contribution is 2.37. The maximum Gasteiger partial charge on any atom is 0.242 e. The maximum absolute atomic E-state index is 12.1. The predicted molar refractivity (Wildman–Crippen MR) is 103 cm³/mol. The van der Waals surface area contributed by atoms with Gasteiger partial charge in [-0.25, -0.2) is 12.7 Å². The average Bonchev–Trinajstić information content (AvgIpc) is 3.06. The largest absolute Gasteiger partial charge is 0.454 e. The summed E-state index contributed by atoms with van der Waals surface area (Å²) in [5.74, 6) is 1.49. The van der Waals surface area contributed by atoms with Crippen molar-refractivity contribution in [3.63, 3.8) is 0 Å². The molecule has 3 rings (SSSR count). The van der Waals surface area contributed by atoms with Crippen molar-refractivity contribution >= 4 is 26.0 Å². The molecule has 1 N–H and O–H groups in total. The molecule has 0 bridgehead atoms. The van der Waals surface area contributed by atoms with Crippen LogP contribution < -0.4 is 14.8 Å². The number of ether oxygens (including phenoxy) is 2. The summed E-state index contributed by atoms with van der Waals surface area (Å²) in [5, 5.41) is 3.44. The molecule has 0 spiro atoms. The zero-order valence-corrected chi connectivity index (χ0v) is 17.2. The van der Waals surface area contributed by atoms with Gasteiger partial charge in [0, 0.05) is 31.2 Å². The summed E-state index contributed by atoms with van der Waals surface area (Å²) in [4.78, 5) is 0.289. The van der Waals surface area contributed by atoms with Gasteiger partial charge in [-0.1, -0.05) is 28.1 Å².